The lowest BCUT2D eigenvalue weighted by Gasteiger charge is -2.30. The second-order valence-electron chi connectivity index (χ2n) is 6.10. The minimum absolute atomic E-state index is 0.100. The number of β-amino-alcohol motifs (C(OH)–C–C–N with tert-alkyl or cyclic N) is 1. The van der Waals surface area contributed by atoms with Crippen LogP contribution in [0.5, 0.6) is 0 Å². The van der Waals surface area contributed by atoms with Gasteiger partial charge in [-0.05, 0) is 18.3 Å². The molecule has 2 amide bonds. The molecule has 1 saturated heterocycles. The molecule has 6 heteroatoms. The van der Waals surface area contributed by atoms with Crippen LogP contribution in [-0.4, -0.2) is 52.3 Å². The SMILES string of the molecule is CC1CCCCC1CNC(=O)N1C[C@H](O)C[C@H]1C(=O)O. The number of hydrogen-bond acceptors (Lipinski definition) is 3. The second kappa shape index (κ2) is 6.43. The van der Waals surface area contributed by atoms with Crippen molar-refractivity contribution in [1.29, 1.82) is 0 Å². The number of carbonyl (C=O) groups excluding carboxylic acids is 1. The maximum Gasteiger partial charge on any atom is 0.326 e. The van der Waals surface area contributed by atoms with Gasteiger partial charge in [-0.15, -0.1) is 0 Å². The van der Waals surface area contributed by atoms with Crippen LogP contribution < -0.4 is 5.32 Å². The molecule has 2 aliphatic rings. The molecule has 2 unspecified atom stereocenters. The minimum atomic E-state index is -1.05. The van der Waals surface area contributed by atoms with Crippen LogP contribution >= 0.6 is 0 Å². The van der Waals surface area contributed by atoms with Crippen molar-refractivity contribution in [3.05, 3.63) is 0 Å². The molecule has 0 aromatic carbocycles. The fourth-order valence-corrected chi connectivity index (χ4v) is 3.29. The van der Waals surface area contributed by atoms with E-state index in [9.17, 15) is 14.7 Å². The van der Waals surface area contributed by atoms with Crippen LogP contribution in [0, 0.1) is 11.8 Å². The van der Waals surface area contributed by atoms with Gasteiger partial charge in [0.1, 0.15) is 6.04 Å². The number of urea groups is 1. The smallest absolute Gasteiger partial charge is 0.326 e. The maximum absolute atomic E-state index is 12.1. The number of carboxylic acid groups (broad SMARTS) is 1. The molecule has 2 rings (SSSR count). The van der Waals surface area contributed by atoms with E-state index in [2.05, 4.69) is 12.2 Å². The number of aliphatic hydroxyl groups excluding tert-OH is 1. The minimum Gasteiger partial charge on any atom is -0.480 e. The molecule has 4 atom stereocenters. The van der Waals surface area contributed by atoms with Gasteiger partial charge in [0.25, 0.3) is 0 Å². The lowest BCUT2D eigenvalue weighted by molar-refractivity contribution is -0.141. The van der Waals surface area contributed by atoms with Crippen LogP contribution in [0.4, 0.5) is 4.79 Å². The van der Waals surface area contributed by atoms with Gasteiger partial charge in [0, 0.05) is 19.5 Å². The zero-order chi connectivity index (χ0) is 14.7. The van der Waals surface area contributed by atoms with Gasteiger partial charge >= 0.3 is 12.0 Å². The Hall–Kier alpha value is -1.30. The van der Waals surface area contributed by atoms with Crippen molar-refractivity contribution in [3.63, 3.8) is 0 Å². The van der Waals surface area contributed by atoms with Gasteiger partial charge in [0.2, 0.25) is 0 Å². The summed E-state index contributed by atoms with van der Waals surface area (Å²) in [7, 11) is 0. The largest absolute Gasteiger partial charge is 0.480 e. The Balaban J connectivity index is 1.86. The second-order valence-corrected chi connectivity index (χ2v) is 6.10. The molecule has 2 fully saturated rings. The molecule has 20 heavy (non-hydrogen) atoms. The predicted octanol–water partition coefficient (Wildman–Crippen LogP) is 1.04. The van der Waals surface area contributed by atoms with Crippen molar-refractivity contribution in [2.75, 3.05) is 13.1 Å². The van der Waals surface area contributed by atoms with Crippen LogP contribution in [0.2, 0.25) is 0 Å². The summed E-state index contributed by atoms with van der Waals surface area (Å²) in [6.45, 7) is 2.90. The van der Waals surface area contributed by atoms with Gasteiger partial charge in [0.15, 0.2) is 0 Å². The van der Waals surface area contributed by atoms with E-state index in [4.69, 9.17) is 5.11 Å². The van der Waals surface area contributed by atoms with E-state index >= 15 is 0 Å². The zero-order valence-corrected chi connectivity index (χ0v) is 11.9. The molecule has 0 aromatic rings. The number of amides is 2. The molecule has 1 aliphatic heterocycles. The van der Waals surface area contributed by atoms with E-state index in [1.807, 2.05) is 0 Å². The van der Waals surface area contributed by atoms with Gasteiger partial charge in [-0.3, -0.25) is 0 Å². The van der Waals surface area contributed by atoms with Crippen LogP contribution in [0.15, 0.2) is 0 Å². The van der Waals surface area contributed by atoms with Gasteiger partial charge in [0.05, 0.1) is 6.10 Å². The topological polar surface area (TPSA) is 89.9 Å². The highest BCUT2D eigenvalue weighted by molar-refractivity contribution is 5.83. The number of likely N-dealkylation sites (tertiary alicyclic amines) is 1. The van der Waals surface area contributed by atoms with E-state index in [-0.39, 0.29) is 19.0 Å². The average Bonchev–Trinajstić information content (AvgIpc) is 2.80. The van der Waals surface area contributed by atoms with E-state index in [1.165, 1.54) is 24.2 Å². The van der Waals surface area contributed by atoms with Crippen LogP contribution in [0.3, 0.4) is 0 Å². The summed E-state index contributed by atoms with van der Waals surface area (Å²) < 4.78 is 0. The normalized spacial score (nSPS) is 34.0. The van der Waals surface area contributed by atoms with Gasteiger partial charge in [-0.1, -0.05) is 26.2 Å². The van der Waals surface area contributed by atoms with Gasteiger partial charge < -0.3 is 20.4 Å². The lowest BCUT2D eigenvalue weighted by Crippen LogP contribution is -2.47. The van der Waals surface area contributed by atoms with E-state index in [0.29, 0.717) is 18.4 Å². The molecule has 1 saturated carbocycles. The first kappa shape index (κ1) is 15.1. The number of nitrogens with zero attached hydrogens (tertiary/aromatic N) is 1. The summed E-state index contributed by atoms with van der Waals surface area (Å²) in [4.78, 5) is 24.4. The Morgan fingerprint density at radius 3 is 2.65 bits per heavy atom. The molecular weight excluding hydrogens is 260 g/mol. The first-order valence-corrected chi connectivity index (χ1v) is 7.44. The Morgan fingerprint density at radius 1 is 1.30 bits per heavy atom. The van der Waals surface area contributed by atoms with E-state index in [0.717, 1.165) is 6.42 Å². The van der Waals surface area contributed by atoms with Crippen LogP contribution in [0.25, 0.3) is 0 Å². The first-order valence-electron chi connectivity index (χ1n) is 7.44. The Bertz CT molecular complexity index is 374. The summed E-state index contributed by atoms with van der Waals surface area (Å²) in [6.07, 6.45) is 4.14. The van der Waals surface area contributed by atoms with Crippen molar-refractivity contribution < 1.29 is 19.8 Å². The number of rotatable bonds is 3. The van der Waals surface area contributed by atoms with Gasteiger partial charge in [-0.2, -0.15) is 0 Å². The highest BCUT2D eigenvalue weighted by Gasteiger charge is 2.39. The summed E-state index contributed by atoms with van der Waals surface area (Å²) in [5.41, 5.74) is 0. The Kier molecular flexibility index (Phi) is 4.86. The Morgan fingerprint density at radius 2 is 2.00 bits per heavy atom. The molecule has 0 bridgehead atoms. The number of carboxylic acids is 1. The van der Waals surface area contributed by atoms with Crippen molar-refractivity contribution in [1.82, 2.24) is 10.2 Å². The zero-order valence-electron chi connectivity index (χ0n) is 11.9. The lowest BCUT2D eigenvalue weighted by atomic mass is 9.80. The van der Waals surface area contributed by atoms with E-state index in [1.54, 1.807) is 0 Å². The third-order valence-corrected chi connectivity index (χ3v) is 4.63. The number of aliphatic carboxylic acids is 1. The molecule has 1 aliphatic carbocycles. The number of hydrogen-bond donors (Lipinski definition) is 3. The number of carbonyl (C=O) groups is 2. The summed E-state index contributed by atoms with van der Waals surface area (Å²) in [6, 6.07) is -1.28. The van der Waals surface area contributed by atoms with Crippen molar-refractivity contribution in [3.8, 4) is 0 Å². The van der Waals surface area contributed by atoms with Crippen molar-refractivity contribution in [2.45, 2.75) is 51.2 Å². The fourth-order valence-electron chi connectivity index (χ4n) is 3.29. The molecule has 0 radical (unpaired) electrons. The molecule has 1 heterocycles. The molecule has 3 N–H and O–H groups in total. The molecule has 114 valence electrons. The van der Waals surface area contributed by atoms with Crippen LogP contribution in [0.1, 0.15) is 39.0 Å². The fraction of sp³-hybridized carbons (Fsp3) is 0.857. The number of nitrogens with one attached hydrogen (secondary N) is 1. The standard InChI is InChI=1S/C14H24N2O4/c1-9-4-2-3-5-10(9)7-15-14(20)16-8-11(17)6-12(16)13(18)19/h9-12,17H,2-8H2,1H3,(H,15,20)(H,18,19)/t9?,10?,11-,12+/m1/s1. The number of aliphatic hydroxyl groups is 1. The predicted molar refractivity (Wildman–Crippen MR) is 73.3 cm³/mol. The summed E-state index contributed by atoms with van der Waals surface area (Å²) in [5, 5.41) is 21.5. The van der Waals surface area contributed by atoms with Gasteiger partial charge in [-0.25, -0.2) is 9.59 Å². The van der Waals surface area contributed by atoms with E-state index < -0.39 is 18.1 Å². The Labute approximate surface area is 119 Å². The summed E-state index contributed by atoms with van der Waals surface area (Å²) >= 11 is 0. The molecule has 0 spiro atoms. The van der Waals surface area contributed by atoms with Crippen molar-refractivity contribution >= 4 is 12.0 Å². The maximum atomic E-state index is 12.1. The monoisotopic (exact) mass is 284 g/mol. The summed E-state index contributed by atoms with van der Waals surface area (Å²) in [5.74, 6) is 0.0229. The highest BCUT2D eigenvalue weighted by Crippen LogP contribution is 2.29. The van der Waals surface area contributed by atoms with Crippen LogP contribution in [-0.2, 0) is 4.79 Å². The average molecular weight is 284 g/mol. The molecular formula is C14H24N2O4. The molecule has 6 nitrogen and oxygen atoms in total. The first-order chi connectivity index (χ1) is 9.49. The highest BCUT2D eigenvalue weighted by atomic mass is 16.4. The third-order valence-electron chi connectivity index (χ3n) is 4.63. The quantitative estimate of drug-likeness (QED) is 0.722. The van der Waals surface area contributed by atoms with Crippen molar-refractivity contribution in [2.24, 2.45) is 11.8 Å². The third kappa shape index (κ3) is 3.42. The molecule has 0 aromatic heterocycles.